The molecule has 30 heavy (non-hydrogen) atoms. The zero-order valence-electron chi connectivity index (χ0n) is 16.9. The van der Waals surface area contributed by atoms with Crippen LogP contribution in [0.15, 0.2) is 43.0 Å². The number of pyridine rings is 2. The lowest BCUT2D eigenvalue weighted by atomic mass is 10.1. The quantitative estimate of drug-likeness (QED) is 0.529. The van der Waals surface area contributed by atoms with Crippen LogP contribution in [0.4, 0.5) is 11.6 Å². The predicted molar refractivity (Wildman–Crippen MR) is 114 cm³/mol. The summed E-state index contributed by atoms with van der Waals surface area (Å²) in [6.45, 7) is 3.23. The van der Waals surface area contributed by atoms with Crippen molar-refractivity contribution in [3.05, 3.63) is 43.0 Å². The first-order chi connectivity index (χ1) is 14.5. The third kappa shape index (κ3) is 3.66. The number of fused-ring (bicyclic) bond motifs is 2. The van der Waals surface area contributed by atoms with Crippen molar-refractivity contribution in [2.24, 2.45) is 5.41 Å². The molecule has 9 heteroatoms. The number of anilines is 2. The monoisotopic (exact) mass is 402 g/mol. The lowest BCUT2D eigenvalue weighted by Gasteiger charge is -2.20. The van der Waals surface area contributed by atoms with Gasteiger partial charge in [-0.15, -0.1) is 0 Å². The van der Waals surface area contributed by atoms with Crippen molar-refractivity contribution in [1.29, 1.82) is 0 Å². The van der Waals surface area contributed by atoms with E-state index in [1.807, 2.05) is 19.2 Å². The first kappa shape index (κ1) is 18.4. The van der Waals surface area contributed by atoms with Gasteiger partial charge in [-0.05, 0) is 36.5 Å². The highest BCUT2D eigenvalue weighted by molar-refractivity contribution is 5.93. The molecule has 1 aliphatic rings. The van der Waals surface area contributed by atoms with Gasteiger partial charge in [-0.25, -0.2) is 9.67 Å². The number of rotatable bonds is 6. The van der Waals surface area contributed by atoms with Crippen LogP contribution in [0.2, 0.25) is 0 Å². The molecule has 1 aliphatic carbocycles. The Bertz CT molecular complexity index is 1250. The minimum atomic E-state index is -0.212. The molecule has 0 unspecified atom stereocenters. The van der Waals surface area contributed by atoms with Gasteiger partial charge in [0.25, 0.3) is 0 Å². The van der Waals surface area contributed by atoms with Gasteiger partial charge in [-0.2, -0.15) is 10.1 Å². The standard InChI is InChI=1S/C21H22N8O/c1-21(5-6-21)13-28(2)20-24-9-14-10-25-29(19(14)27-20)12-18(30)26-15-8-17-16(23-11-15)4-3-7-22-17/h3-4,7-11H,5-6,12-13H2,1-2H3,(H,26,30). The molecular formula is C21H22N8O. The molecule has 0 radical (unpaired) electrons. The summed E-state index contributed by atoms with van der Waals surface area (Å²) in [5.74, 6) is 0.429. The van der Waals surface area contributed by atoms with Gasteiger partial charge >= 0.3 is 0 Å². The van der Waals surface area contributed by atoms with E-state index in [4.69, 9.17) is 0 Å². The predicted octanol–water partition coefficient (Wildman–Crippen LogP) is 2.64. The van der Waals surface area contributed by atoms with E-state index in [1.165, 1.54) is 12.8 Å². The topological polar surface area (TPSA) is 102 Å². The second-order valence-corrected chi connectivity index (χ2v) is 8.23. The Labute approximate surface area is 173 Å². The molecule has 9 nitrogen and oxygen atoms in total. The molecule has 152 valence electrons. The smallest absolute Gasteiger partial charge is 0.246 e. The number of amides is 1. The fourth-order valence-electron chi connectivity index (χ4n) is 3.53. The molecule has 5 rings (SSSR count). The molecule has 4 aromatic rings. The highest BCUT2D eigenvalue weighted by Crippen LogP contribution is 2.45. The van der Waals surface area contributed by atoms with Crippen LogP contribution in [0.5, 0.6) is 0 Å². The van der Waals surface area contributed by atoms with Crippen LogP contribution in [-0.4, -0.2) is 49.2 Å². The Balaban J connectivity index is 1.33. The molecule has 0 bridgehead atoms. The zero-order valence-corrected chi connectivity index (χ0v) is 16.9. The van der Waals surface area contributed by atoms with Crippen molar-refractivity contribution in [3.63, 3.8) is 0 Å². The van der Waals surface area contributed by atoms with E-state index in [0.717, 1.165) is 23.0 Å². The number of nitrogens with one attached hydrogen (secondary N) is 1. The SMILES string of the molecule is CN(CC1(C)CC1)c1ncc2cnn(CC(=O)Nc3cnc4cccnc4c3)c2n1. The van der Waals surface area contributed by atoms with E-state index in [2.05, 4.69) is 42.2 Å². The van der Waals surface area contributed by atoms with Crippen LogP contribution in [0, 0.1) is 5.41 Å². The summed E-state index contributed by atoms with van der Waals surface area (Å²) in [5.41, 5.74) is 3.10. The first-order valence-electron chi connectivity index (χ1n) is 9.89. The maximum absolute atomic E-state index is 12.6. The number of hydrogen-bond acceptors (Lipinski definition) is 7. The Morgan fingerprint density at radius 2 is 2.07 bits per heavy atom. The molecule has 1 fully saturated rings. The summed E-state index contributed by atoms with van der Waals surface area (Å²) >= 11 is 0. The second-order valence-electron chi connectivity index (χ2n) is 8.23. The number of carbonyl (C=O) groups excluding carboxylic acids is 1. The molecule has 0 saturated heterocycles. The maximum atomic E-state index is 12.6. The van der Waals surface area contributed by atoms with E-state index in [0.29, 0.717) is 22.7 Å². The van der Waals surface area contributed by atoms with Crippen LogP contribution >= 0.6 is 0 Å². The Morgan fingerprint density at radius 1 is 1.20 bits per heavy atom. The van der Waals surface area contributed by atoms with E-state index in [9.17, 15) is 4.79 Å². The van der Waals surface area contributed by atoms with Crippen molar-refractivity contribution >= 4 is 39.6 Å². The van der Waals surface area contributed by atoms with Crippen molar-refractivity contribution < 1.29 is 4.79 Å². The number of hydrogen-bond donors (Lipinski definition) is 1. The zero-order chi connectivity index (χ0) is 20.7. The van der Waals surface area contributed by atoms with Gasteiger partial charge in [0, 0.05) is 26.0 Å². The molecule has 0 spiro atoms. The van der Waals surface area contributed by atoms with E-state index in [-0.39, 0.29) is 12.5 Å². The average Bonchev–Trinajstić information content (AvgIpc) is 3.33. The largest absolute Gasteiger partial charge is 0.343 e. The van der Waals surface area contributed by atoms with Crippen LogP contribution in [-0.2, 0) is 11.3 Å². The van der Waals surface area contributed by atoms with Crippen molar-refractivity contribution in [2.75, 3.05) is 23.8 Å². The van der Waals surface area contributed by atoms with Crippen molar-refractivity contribution in [2.45, 2.75) is 26.3 Å². The normalized spacial score (nSPS) is 14.7. The summed E-state index contributed by atoms with van der Waals surface area (Å²) < 4.78 is 1.59. The van der Waals surface area contributed by atoms with Gasteiger partial charge in [-0.1, -0.05) is 6.92 Å². The minimum absolute atomic E-state index is 0.0433. The van der Waals surface area contributed by atoms with Crippen molar-refractivity contribution in [1.82, 2.24) is 29.7 Å². The molecule has 4 aromatic heterocycles. The van der Waals surface area contributed by atoms with Gasteiger partial charge < -0.3 is 10.2 Å². The van der Waals surface area contributed by atoms with Gasteiger partial charge in [0.1, 0.15) is 6.54 Å². The summed E-state index contributed by atoms with van der Waals surface area (Å²) in [7, 11) is 2.00. The van der Waals surface area contributed by atoms with Crippen LogP contribution in [0.25, 0.3) is 22.1 Å². The summed E-state index contributed by atoms with van der Waals surface area (Å²) in [6, 6.07) is 5.51. The molecule has 1 saturated carbocycles. The molecular weight excluding hydrogens is 380 g/mol. The van der Waals surface area contributed by atoms with Gasteiger partial charge in [-0.3, -0.25) is 14.8 Å². The Kier molecular flexibility index (Phi) is 4.30. The van der Waals surface area contributed by atoms with E-state index in [1.54, 1.807) is 35.5 Å². The molecule has 1 N–H and O–H groups in total. The minimum Gasteiger partial charge on any atom is -0.343 e. The fraction of sp³-hybridized carbons (Fsp3) is 0.333. The van der Waals surface area contributed by atoms with Gasteiger partial charge in [0.15, 0.2) is 5.65 Å². The highest BCUT2D eigenvalue weighted by Gasteiger charge is 2.38. The Hall–Kier alpha value is -3.62. The summed E-state index contributed by atoms with van der Waals surface area (Å²) in [6.07, 6.45) is 9.22. The second kappa shape index (κ2) is 7.01. The molecule has 0 aromatic carbocycles. The lowest BCUT2D eigenvalue weighted by Crippen LogP contribution is -2.26. The highest BCUT2D eigenvalue weighted by atomic mass is 16.2. The summed E-state index contributed by atoms with van der Waals surface area (Å²) in [5, 5.41) is 7.98. The lowest BCUT2D eigenvalue weighted by molar-refractivity contribution is -0.116. The van der Waals surface area contributed by atoms with Crippen LogP contribution in [0.1, 0.15) is 19.8 Å². The maximum Gasteiger partial charge on any atom is 0.246 e. The molecule has 4 heterocycles. The van der Waals surface area contributed by atoms with Crippen molar-refractivity contribution in [3.8, 4) is 0 Å². The Morgan fingerprint density at radius 3 is 2.90 bits per heavy atom. The van der Waals surface area contributed by atoms with E-state index >= 15 is 0 Å². The van der Waals surface area contributed by atoms with Gasteiger partial charge in [0.2, 0.25) is 11.9 Å². The summed E-state index contributed by atoms with van der Waals surface area (Å²) in [4.78, 5) is 32.4. The number of nitrogens with zero attached hydrogens (tertiary/aromatic N) is 7. The fourth-order valence-corrected chi connectivity index (χ4v) is 3.53. The molecule has 0 aliphatic heterocycles. The van der Waals surface area contributed by atoms with E-state index < -0.39 is 0 Å². The number of carbonyl (C=O) groups is 1. The third-order valence-electron chi connectivity index (χ3n) is 5.46. The molecule has 0 atom stereocenters. The van der Waals surface area contributed by atoms with Crippen LogP contribution < -0.4 is 10.2 Å². The average molecular weight is 402 g/mol. The molecule has 1 amide bonds. The van der Waals surface area contributed by atoms with Crippen LogP contribution in [0.3, 0.4) is 0 Å². The van der Waals surface area contributed by atoms with Gasteiger partial charge in [0.05, 0.1) is 34.5 Å². The third-order valence-corrected chi connectivity index (χ3v) is 5.46. The first-order valence-corrected chi connectivity index (χ1v) is 9.89. The number of aromatic nitrogens is 6.